The molecule has 2 amide bonds. The van der Waals surface area contributed by atoms with Crippen LogP contribution < -0.4 is 5.32 Å². The zero-order chi connectivity index (χ0) is 17.6. The molecule has 3 rings (SSSR count). The van der Waals surface area contributed by atoms with Gasteiger partial charge in [0, 0.05) is 50.2 Å². The fraction of sp³-hybridized carbons (Fsp3) is 0.278. The maximum Gasteiger partial charge on any atom is 0.272 e. The number of carbonyl (C=O) groups excluding carboxylic acids is 2. The molecule has 0 spiro atoms. The summed E-state index contributed by atoms with van der Waals surface area (Å²) in [4.78, 5) is 30.7. The lowest BCUT2D eigenvalue weighted by atomic mass is 10.2. The summed E-state index contributed by atoms with van der Waals surface area (Å²) in [5.41, 5.74) is 1.59. The number of carbonyl (C=O) groups is 2. The van der Waals surface area contributed by atoms with Crippen LogP contribution in [-0.4, -0.2) is 53.3 Å². The molecule has 1 aromatic heterocycles. The quantitative estimate of drug-likeness (QED) is 0.841. The van der Waals surface area contributed by atoms with E-state index in [-0.39, 0.29) is 11.7 Å². The van der Waals surface area contributed by atoms with Crippen molar-refractivity contribution in [1.82, 2.24) is 14.8 Å². The van der Waals surface area contributed by atoms with Gasteiger partial charge in [0.1, 0.15) is 11.5 Å². The van der Waals surface area contributed by atoms with Crippen molar-refractivity contribution < 1.29 is 14.0 Å². The van der Waals surface area contributed by atoms with E-state index >= 15 is 0 Å². The van der Waals surface area contributed by atoms with E-state index in [1.807, 2.05) is 0 Å². The Morgan fingerprint density at radius 3 is 2.68 bits per heavy atom. The zero-order valence-corrected chi connectivity index (χ0v) is 13.7. The molecule has 0 atom stereocenters. The third kappa shape index (κ3) is 4.12. The molecule has 0 bridgehead atoms. The molecule has 0 unspecified atom stereocenters. The van der Waals surface area contributed by atoms with Crippen LogP contribution in [-0.2, 0) is 11.3 Å². The molecule has 2 heterocycles. The number of anilines is 1. The molecule has 1 aliphatic rings. The molecule has 130 valence electrons. The first-order valence-electron chi connectivity index (χ1n) is 8.09. The average molecular weight is 342 g/mol. The van der Waals surface area contributed by atoms with Crippen LogP contribution in [0.4, 0.5) is 10.1 Å². The van der Waals surface area contributed by atoms with Gasteiger partial charge in [0.05, 0.1) is 0 Å². The van der Waals surface area contributed by atoms with Crippen LogP contribution in [0.15, 0.2) is 42.6 Å². The zero-order valence-electron chi connectivity index (χ0n) is 13.7. The Morgan fingerprint density at radius 1 is 1.20 bits per heavy atom. The molecule has 0 saturated carbocycles. The number of amides is 2. The predicted molar refractivity (Wildman–Crippen MR) is 91.5 cm³/mol. The van der Waals surface area contributed by atoms with E-state index < -0.39 is 0 Å². The summed E-state index contributed by atoms with van der Waals surface area (Å²) >= 11 is 0. The van der Waals surface area contributed by atoms with Crippen LogP contribution in [0.1, 0.15) is 16.1 Å². The minimum absolute atomic E-state index is 0.167. The van der Waals surface area contributed by atoms with E-state index in [0.29, 0.717) is 49.7 Å². The molecule has 1 N–H and O–H groups in total. The Kier molecular flexibility index (Phi) is 5.23. The number of nitrogens with one attached hydrogen (secondary N) is 1. The van der Waals surface area contributed by atoms with E-state index in [0.717, 1.165) is 6.41 Å². The lowest BCUT2D eigenvalue weighted by Crippen LogP contribution is -2.48. The molecule has 0 aliphatic carbocycles. The number of pyridine rings is 1. The second-order valence-electron chi connectivity index (χ2n) is 5.81. The van der Waals surface area contributed by atoms with Gasteiger partial charge in [-0.1, -0.05) is 18.2 Å². The molecule has 7 heteroatoms. The van der Waals surface area contributed by atoms with Gasteiger partial charge in [-0.25, -0.2) is 4.39 Å². The van der Waals surface area contributed by atoms with Gasteiger partial charge in [0.15, 0.2) is 0 Å². The van der Waals surface area contributed by atoms with E-state index in [1.165, 1.54) is 6.07 Å². The number of aromatic nitrogens is 1. The molecule has 1 aromatic carbocycles. The molecule has 0 radical (unpaired) electrons. The van der Waals surface area contributed by atoms with Gasteiger partial charge in [-0.05, 0) is 18.2 Å². The minimum atomic E-state index is -0.270. The third-order valence-corrected chi connectivity index (χ3v) is 4.17. The van der Waals surface area contributed by atoms with Crippen LogP contribution in [0, 0.1) is 5.82 Å². The van der Waals surface area contributed by atoms with Gasteiger partial charge in [-0.15, -0.1) is 0 Å². The highest BCUT2D eigenvalue weighted by molar-refractivity contribution is 5.93. The van der Waals surface area contributed by atoms with Crippen LogP contribution >= 0.6 is 0 Å². The monoisotopic (exact) mass is 342 g/mol. The molecule has 1 fully saturated rings. The highest BCUT2D eigenvalue weighted by atomic mass is 19.1. The van der Waals surface area contributed by atoms with Crippen LogP contribution in [0.2, 0.25) is 0 Å². The van der Waals surface area contributed by atoms with Crippen molar-refractivity contribution in [2.75, 3.05) is 31.5 Å². The highest BCUT2D eigenvalue weighted by Crippen LogP contribution is 2.14. The summed E-state index contributed by atoms with van der Waals surface area (Å²) in [6.45, 7) is 2.36. The Labute approximate surface area is 145 Å². The van der Waals surface area contributed by atoms with E-state index in [2.05, 4.69) is 10.3 Å². The molecular weight excluding hydrogens is 323 g/mol. The van der Waals surface area contributed by atoms with Gasteiger partial charge in [-0.3, -0.25) is 14.6 Å². The number of rotatable bonds is 5. The van der Waals surface area contributed by atoms with E-state index in [9.17, 15) is 14.0 Å². The van der Waals surface area contributed by atoms with E-state index in [4.69, 9.17) is 0 Å². The lowest BCUT2D eigenvalue weighted by Gasteiger charge is -2.32. The molecule has 6 nitrogen and oxygen atoms in total. The first kappa shape index (κ1) is 16.9. The van der Waals surface area contributed by atoms with Gasteiger partial charge in [-0.2, -0.15) is 0 Å². The second kappa shape index (κ2) is 7.74. The van der Waals surface area contributed by atoms with Crippen LogP contribution in [0.5, 0.6) is 0 Å². The number of piperazine rings is 1. The van der Waals surface area contributed by atoms with Crippen molar-refractivity contribution >= 4 is 18.0 Å². The van der Waals surface area contributed by atoms with Gasteiger partial charge in [0.2, 0.25) is 6.41 Å². The maximum atomic E-state index is 13.7. The van der Waals surface area contributed by atoms with Gasteiger partial charge >= 0.3 is 0 Å². The van der Waals surface area contributed by atoms with Crippen molar-refractivity contribution in [3.05, 3.63) is 59.7 Å². The van der Waals surface area contributed by atoms with Gasteiger partial charge < -0.3 is 15.1 Å². The summed E-state index contributed by atoms with van der Waals surface area (Å²) in [5.74, 6) is -0.437. The number of hydrogen-bond donors (Lipinski definition) is 1. The van der Waals surface area contributed by atoms with Crippen molar-refractivity contribution in [3.63, 3.8) is 0 Å². The maximum absolute atomic E-state index is 13.7. The molecule has 1 aliphatic heterocycles. The first-order valence-corrected chi connectivity index (χ1v) is 8.09. The summed E-state index contributed by atoms with van der Waals surface area (Å²) in [6, 6.07) is 9.95. The fourth-order valence-electron chi connectivity index (χ4n) is 2.69. The summed E-state index contributed by atoms with van der Waals surface area (Å²) < 4.78 is 13.7. The van der Waals surface area contributed by atoms with Gasteiger partial charge in [0.25, 0.3) is 5.91 Å². The predicted octanol–water partition coefficient (Wildman–Crippen LogP) is 1.75. The minimum Gasteiger partial charge on any atom is -0.381 e. The Bertz CT molecular complexity index is 760. The standard InChI is InChI=1S/C18H19FN4O2/c19-16-4-2-1-3-14(16)12-21-15-5-6-20-17(11-15)18(25)23-9-7-22(13-24)8-10-23/h1-6,11,13H,7-10,12H2,(H,20,21). The molecule has 2 aromatic rings. The Morgan fingerprint density at radius 2 is 1.96 bits per heavy atom. The SMILES string of the molecule is O=CN1CCN(C(=O)c2cc(NCc3ccccc3F)ccn2)CC1. The van der Waals surface area contributed by atoms with E-state index in [1.54, 1.807) is 46.3 Å². The molecule has 25 heavy (non-hydrogen) atoms. The summed E-state index contributed by atoms with van der Waals surface area (Å²) in [5, 5.41) is 3.11. The lowest BCUT2D eigenvalue weighted by molar-refractivity contribution is -0.119. The fourth-order valence-corrected chi connectivity index (χ4v) is 2.69. The number of benzene rings is 1. The van der Waals surface area contributed by atoms with Crippen LogP contribution in [0.3, 0.4) is 0 Å². The average Bonchev–Trinajstić information content (AvgIpc) is 2.67. The second-order valence-corrected chi connectivity index (χ2v) is 5.81. The highest BCUT2D eigenvalue weighted by Gasteiger charge is 2.22. The molecular formula is C18H19FN4O2. The Hall–Kier alpha value is -2.96. The number of hydrogen-bond acceptors (Lipinski definition) is 4. The van der Waals surface area contributed by atoms with Crippen molar-refractivity contribution in [3.8, 4) is 0 Å². The van der Waals surface area contributed by atoms with Crippen molar-refractivity contribution in [2.24, 2.45) is 0 Å². The van der Waals surface area contributed by atoms with Crippen molar-refractivity contribution in [1.29, 1.82) is 0 Å². The number of halogens is 1. The third-order valence-electron chi connectivity index (χ3n) is 4.17. The molecule has 1 saturated heterocycles. The normalized spacial score (nSPS) is 14.3. The van der Waals surface area contributed by atoms with Crippen molar-refractivity contribution in [2.45, 2.75) is 6.54 Å². The van der Waals surface area contributed by atoms with Crippen LogP contribution in [0.25, 0.3) is 0 Å². The number of nitrogens with zero attached hydrogens (tertiary/aromatic N) is 3. The summed E-state index contributed by atoms with van der Waals surface area (Å²) in [6.07, 6.45) is 2.35. The largest absolute Gasteiger partial charge is 0.381 e. The topological polar surface area (TPSA) is 65.5 Å². The first-order chi connectivity index (χ1) is 12.2. The summed E-state index contributed by atoms with van der Waals surface area (Å²) in [7, 11) is 0. The Balaban J connectivity index is 1.64. The smallest absolute Gasteiger partial charge is 0.272 e.